The van der Waals surface area contributed by atoms with Crippen LogP contribution in [0.15, 0.2) is 55.0 Å². The lowest BCUT2D eigenvalue weighted by atomic mass is 10.2. The predicted octanol–water partition coefficient (Wildman–Crippen LogP) is 2.96. The second-order valence-corrected chi connectivity index (χ2v) is 5.86. The quantitative estimate of drug-likeness (QED) is 0.601. The van der Waals surface area contributed by atoms with Crippen LogP contribution in [-0.2, 0) is 0 Å². The van der Waals surface area contributed by atoms with Gasteiger partial charge in [0.2, 0.25) is 0 Å². The van der Waals surface area contributed by atoms with Gasteiger partial charge in [-0.15, -0.1) is 0 Å². The van der Waals surface area contributed by atoms with Gasteiger partial charge in [-0.3, -0.25) is 9.55 Å². The molecule has 0 saturated carbocycles. The number of imidazole rings is 1. The van der Waals surface area contributed by atoms with E-state index in [4.69, 9.17) is 14.5 Å². The van der Waals surface area contributed by atoms with Gasteiger partial charge in [-0.05, 0) is 30.3 Å². The van der Waals surface area contributed by atoms with E-state index in [-0.39, 0.29) is 5.75 Å². The van der Waals surface area contributed by atoms with Gasteiger partial charge in [-0.1, -0.05) is 0 Å². The van der Waals surface area contributed by atoms with Crippen molar-refractivity contribution in [1.29, 1.82) is 0 Å². The normalized spacial score (nSPS) is 13.1. The Morgan fingerprint density at radius 1 is 0.962 bits per heavy atom. The van der Waals surface area contributed by atoms with Crippen molar-refractivity contribution in [3.8, 4) is 34.5 Å². The summed E-state index contributed by atoms with van der Waals surface area (Å²) in [6.45, 7) is 1.07. The number of nitrogens with zero attached hydrogens (tertiary/aromatic N) is 4. The molecule has 4 aromatic rings. The van der Waals surface area contributed by atoms with Gasteiger partial charge in [0.25, 0.3) is 0 Å². The van der Waals surface area contributed by atoms with Crippen LogP contribution in [0, 0.1) is 0 Å². The van der Waals surface area contributed by atoms with Crippen molar-refractivity contribution in [3.05, 3.63) is 55.0 Å². The molecule has 0 spiro atoms. The molecule has 26 heavy (non-hydrogen) atoms. The number of pyridine rings is 2. The molecule has 1 aliphatic heterocycles. The molecule has 1 N–H and O–H groups in total. The molecule has 0 amide bonds. The second kappa shape index (κ2) is 5.73. The van der Waals surface area contributed by atoms with Crippen molar-refractivity contribution in [1.82, 2.24) is 19.5 Å². The number of ether oxygens (including phenoxy) is 2. The van der Waals surface area contributed by atoms with Crippen molar-refractivity contribution in [2.45, 2.75) is 0 Å². The first kappa shape index (κ1) is 14.7. The van der Waals surface area contributed by atoms with Crippen molar-refractivity contribution < 1.29 is 14.6 Å². The van der Waals surface area contributed by atoms with Gasteiger partial charge >= 0.3 is 0 Å². The molecule has 3 aromatic heterocycles. The molecule has 0 saturated heterocycles. The lowest BCUT2D eigenvalue weighted by molar-refractivity contribution is 0.171. The topological polar surface area (TPSA) is 82.3 Å². The first-order valence-corrected chi connectivity index (χ1v) is 8.17. The standard InChI is InChI=1S/C19H14N4O3/c24-13-2-3-15(21-10-13)19-22-14-5-6-20-11-16(14)23(19)12-1-4-17-18(9-12)26-8-7-25-17/h1-6,9-11,24H,7-8H2. The minimum Gasteiger partial charge on any atom is -0.506 e. The maximum absolute atomic E-state index is 9.53. The minimum absolute atomic E-state index is 0.109. The van der Waals surface area contributed by atoms with Crippen LogP contribution in [-0.4, -0.2) is 37.8 Å². The Labute approximate surface area is 148 Å². The van der Waals surface area contributed by atoms with E-state index in [0.717, 1.165) is 22.5 Å². The highest BCUT2D eigenvalue weighted by Crippen LogP contribution is 2.35. The monoisotopic (exact) mass is 346 g/mol. The van der Waals surface area contributed by atoms with Crippen LogP contribution < -0.4 is 9.47 Å². The molecule has 0 fully saturated rings. The third-order valence-electron chi connectivity index (χ3n) is 4.22. The Kier molecular flexibility index (Phi) is 3.24. The highest BCUT2D eigenvalue weighted by atomic mass is 16.6. The van der Waals surface area contributed by atoms with Crippen molar-refractivity contribution in [2.24, 2.45) is 0 Å². The van der Waals surface area contributed by atoms with Gasteiger partial charge in [0.05, 0.1) is 29.1 Å². The largest absolute Gasteiger partial charge is 0.506 e. The first-order valence-electron chi connectivity index (χ1n) is 8.17. The van der Waals surface area contributed by atoms with E-state index in [1.54, 1.807) is 24.5 Å². The zero-order valence-corrected chi connectivity index (χ0v) is 13.7. The average molecular weight is 346 g/mol. The molecule has 0 bridgehead atoms. The number of aromatic nitrogens is 4. The van der Waals surface area contributed by atoms with Crippen LogP contribution >= 0.6 is 0 Å². The summed E-state index contributed by atoms with van der Waals surface area (Å²) in [4.78, 5) is 13.2. The Morgan fingerprint density at radius 2 is 1.85 bits per heavy atom. The molecule has 128 valence electrons. The molecular weight excluding hydrogens is 332 g/mol. The summed E-state index contributed by atoms with van der Waals surface area (Å²) < 4.78 is 13.3. The molecule has 4 heterocycles. The summed E-state index contributed by atoms with van der Waals surface area (Å²) in [6, 6.07) is 10.9. The van der Waals surface area contributed by atoms with Crippen LogP contribution in [0.1, 0.15) is 0 Å². The van der Waals surface area contributed by atoms with Crippen molar-refractivity contribution in [2.75, 3.05) is 13.2 Å². The number of hydrogen-bond acceptors (Lipinski definition) is 6. The number of benzene rings is 1. The minimum atomic E-state index is 0.109. The zero-order chi connectivity index (χ0) is 17.5. The Balaban J connectivity index is 1.76. The molecule has 0 radical (unpaired) electrons. The average Bonchev–Trinajstić information content (AvgIpc) is 3.07. The van der Waals surface area contributed by atoms with Gasteiger partial charge in [-0.2, -0.15) is 0 Å². The van der Waals surface area contributed by atoms with Gasteiger partial charge < -0.3 is 14.6 Å². The third kappa shape index (κ3) is 2.33. The van der Waals surface area contributed by atoms with Crippen molar-refractivity contribution in [3.63, 3.8) is 0 Å². The molecule has 0 unspecified atom stereocenters. The molecule has 1 aromatic carbocycles. The lowest BCUT2D eigenvalue weighted by Crippen LogP contribution is -2.15. The molecule has 7 nitrogen and oxygen atoms in total. The fourth-order valence-electron chi connectivity index (χ4n) is 3.05. The summed E-state index contributed by atoms with van der Waals surface area (Å²) in [5, 5.41) is 9.53. The molecular formula is C19H14N4O3. The smallest absolute Gasteiger partial charge is 0.164 e. The van der Waals surface area contributed by atoms with Crippen molar-refractivity contribution >= 4 is 11.0 Å². The maximum atomic E-state index is 9.53. The van der Waals surface area contributed by atoms with Gasteiger partial charge in [0, 0.05) is 12.3 Å². The van der Waals surface area contributed by atoms with E-state index in [9.17, 15) is 5.11 Å². The van der Waals surface area contributed by atoms with Gasteiger partial charge in [0.1, 0.15) is 24.7 Å². The second-order valence-electron chi connectivity index (χ2n) is 5.86. The summed E-state index contributed by atoms with van der Waals surface area (Å²) in [6.07, 6.45) is 4.88. The van der Waals surface area contributed by atoms with Gasteiger partial charge in [-0.25, -0.2) is 9.97 Å². The fourth-order valence-corrected chi connectivity index (χ4v) is 3.05. The number of aromatic hydroxyl groups is 1. The Morgan fingerprint density at radius 3 is 2.69 bits per heavy atom. The van der Waals surface area contributed by atoms with E-state index in [1.165, 1.54) is 6.20 Å². The van der Waals surface area contributed by atoms with Crippen LogP contribution in [0.4, 0.5) is 0 Å². The number of rotatable bonds is 2. The third-order valence-corrected chi connectivity index (χ3v) is 4.22. The van der Waals surface area contributed by atoms with E-state index in [1.807, 2.05) is 28.8 Å². The molecule has 7 heteroatoms. The Bertz CT molecular complexity index is 1110. The van der Waals surface area contributed by atoms with E-state index in [2.05, 4.69) is 9.97 Å². The molecule has 5 rings (SSSR count). The van der Waals surface area contributed by atoms with Crippen LogP contribution in [0.5, 0.6) is 17.2 Å². The lowest BCUT2D eigenvalue weighted by Gasteiger charge is -2.19. The highest BCUT2D eigenvalue weighted by molar-refractivity contribution is 5.82. The van der Waals surface area contributed by atoms with E-state index in [0.29, 0.717) is 30.5 Å². The molecule has 1 aliphatic rings. The SMILES string of the molecule is Oc1ccc(-c2nc3ccncc3n2-c2ccc3c(c2)OCCO3)nc1. The molecule has 0 atom stereocenters. The summed E-state index contributed by atoms with van der Waals surface area (Å²) >= 11 is 0. The summed E-state index contributed by atoms with van der Waals surface area (Å²) in [7, 11) is 0. The zero-order valence-electron chi connectivity index (χ0n) is 13.7. The number of hydrogen-bond donors (Lipinski definition) is 1. The van der Waals surface area contributed by atoms with E-state index >= 15 is 0 Å². The maximum Gasteiger partial charge on any atom is 0.164 e. The first-order chi connectivity index (χ1) is 12.8. The highest BCUT2D eigenvalue weighted by Gasteiger charge is 2.18. The van der Waals surface area contributed by atoms with Crippen LogP contribution in [0.25, 0.3) is 28.2 Å². The van der Waals surface area contributed by atoms with Gasteiger partial charge in [0.15, 0.2) is 17.3 Å². The fraction of sp³-hybridized carbons (Fsp3) is 0.105. The molecule has 0 aliphatic carbocycles. The van der Waals surface area contributed by atoms with Crippen LogP contribution in [0.2, 0.25) is 0 Å². The number of fused-ring (bicyclic) bond motifs is 2. The predicted molar refractivity (Wildman–Crippen MR) is 94.8 cm³/mol. The summed E-state index contributed by atoms with van der Waals surface area (Å²) in [5.74, 6) is 2.19. The Hall–Kier alpha value is -3.61. The summed E-state index contributed by atoms with van der Waals surface area (Å²) in [5.41, 5.74) is 3.18. The van der Waals surface area contributed by atoms with Crippen LogP contribution in [0.3, 0.4) is 0 Å². The van der Waals surface area contributed by atoms with E-state index < -0.39 is 0 Å².